The standard InChI is InChI=1S/C19H22N4O2/c1-6-15(22-24)18-17-12(3)10-23(19(17)21-13(4)20-18)16-8-7-14(25-5)9-11(16)2/h7-10,24H,6H2,1-5H3/b22-15-. The number of methoxy groups -OCH3 is 1. The van der Waals surface area contributed by atoms with Gasteiger partial charge in [-0.25, -0.2) is 9.97 Å². The van der Waals surface area contributed by atoms with E-state index in [4.69, 9.17) is 4.74 Å². The van der Waals surface area contributed by atoms with Crippen LogP contribution in [0.2, 0.25) is 0 Å². The molecule has 6 nitrogen and oxygen atoms in total. The van der Waals surface area contributed by atoms with Crippen LogP contribution in [-0.2, 0) is 0 Å². The van der Waals surface area contributed by atoms with Crippen LogP contribution in [0.25, 0.3) is 16.7 Å². The molecule has 1 aromatic carbocycles. The zero-order valence-electron chi connectivity index (χ0n) is 15.2. The van der Waals surface area contributed by atoms with Gasteiger partial charge >= 0.3 is 0 Å². The molecule has 2 aromatic heterocycles. The van der Waals surface area contributed by atoms with Gasteiger partial charge in [0.15, 0.2) is 0 Å². The molecule has 0 fully saturated rings. The van der Waals surface area contributed by atoms with Crippen molar-refractivity contribution in [1.29, 1.82) is 0 Å². The third kappa shape index (κ3) is 2.84. The van der Waals surface area contributed by atoms with E-state index in [0.717, 1.165) is 33.6 Å². The molecule has 0 bridgehead atoms. The summed E-state index contributed by atoms with van der Waals surface area (Å²) in [6.07, 6.45) is 2.63. The average molecular weight is 338 g/mol. The SMILES string of the molecule is CC/C(=N/O)c1nc(C)nc2c1c(C)cn2-c1ccc(OC)cc1C. The maximum atomic E-state index is 9.35. The van der Waals surface area contributed by atoms with E-state index in [-0.39, 0.29) is 0 Å². The lowest BCUT2D eigenvalue weighted by molar-refractivity contribution is 0.318. The molecule has 0 saturated carbocycles. The smallest absolute Gasteiger partial charge is 0.149 e. The van der Waals surface area contributed by atoms with Gasteiger partial charge in [-0.3, -0.25) is 0 Å². The van der Waals surface area contributed by atoms with Gasteiger partial charge in [-0.1, -0.05) is 12.1 Å². The number of rotatable bonds is 4. The summed E-state index contributed by atoms with van der Waals surface area (Å²) in [6.45, 7) is 7.85. The van der Waals surface area contributed by atoms with Crippen LogP contribution in [0.3, 0.4) is 0 Å². The Hall–Kier alpha value is -2.89. The topological polar surface area (TPSA) is 72.5 Å². The Balaban J connectivity index is 2.32. The van der Waals surface area contributed by atoms with Gasteiger partial charge in [0.25, 0.3) is 0 Å². The number of fused-ring (bicyclic) bond motifs is 1. The van der Waals surface area contributed by atoms with Gasteiger partial charge in [-0.05, 0) is 56.5 Å². The predicted molar refractivity (Wildman–Crippen MR) is 98.2 cm³/mol. The van der Waals surface area contributed by atoms with E-state index in [1.807, 2.05) is 52.1 Å². The minimum Gasteiger partial charge on any atom is -0.497 e. The normalized spacial score (nSPS) is 12.0. The van der Waals surface area contributed by atoms with Crippen molar-refractivity contribution in [2.45, 2.75) is 34.1 Å². The van der Waals surface area contributed by atoms with E-state index in [1.54, 1.807) is 7.11 Å². The number of benzene rings is 1. The maximum Gasteiger partial charge on any atom is 0.149 e. The van der Waals surface area contributed by atoms with Gasteiger partial charge in [0, 0.05) is 11.6 Å². The molecule has 0 unspecified atom stereocenters. The zero-order valence-corrected chi connectivity index (χ0v) is 15.2. The molecule has 3 rings (SSSR count). The monoisotopic (exact) mass is 338 g/mol. The predicted octanol–water partition coefficient (Wildman–Crippen LogP) is 3.94. The van der Waals surface area contributed by atoms with Crippen LogP contribution >= 0.6 is 0 Å². The second kappa shape index (κ2) is 6.55. The number of hydrogen-bond acceptors (Lipinski definition) is 5. The lowest BCUT2D eigenvalue weighted by Crippen LogP contribution is -2.07. The molecule has 2 heterocycles. The molecule has 6 heteroatoms. The van der Waals surface area contributed by atoms with Gasteiger partial charge in [-0.2, -0.15) is 0 Å². The fourth-order valence-electron chi connectivity index (χ4n) is 3.12. The first-order chi connectivity index (χ1) is 12.0. The molecule has 0 aliphatic heterocycles. The van der Waals surface area contributed by atoms with Gasteiger partial charge < -0.3 is 14.5 Å². The van der Waals surface area contributed by atoms with E-state index >= 15 is 0 Å². The molecule has 25 heavy (non-hydrogen) atoms. The Bertz CT molecular complexity index is 973. The summed E-state index contributed by atoms with van der Waals surface area (Å²) in [4.78, 5) is 9.18. The van der Waals surface area contributed by atoms with Gasteiger partial charge in [-0.15, -0.1) is 0 Å². The molecule has 130 valence electrons. The Labute approximate surface area is 146 Å². The highest BCUT2D eigenvalue weighted by Gasteiger charge is 2.18. The van der Waals surface area contributed by atoms with Crippen LogP contribution in [0.5, 0.6) is 5.75 Å². The molecular weight excluding hydrogens is 316 g/mol. The second-order valence-electron chi connectivity index (χ2n) is 6.05. The molecule has 0 amide bonds. The van der Waals surface area contributed by atoms with Crippen molar-refractivity contribution in [2.24, 2.45) is 5.16 Å². The number of nitrogens with zero attached hydrogens (tertiary/aromatic N) is 4. The summed E-state index contributed by atoms with van der Waals surface area (Å²) in [5.41, 5.74) is 5.21. The van der Waals surface area contributed by atoms with E-state index < -0.39 is 0 Å². The molecule has 1 N–H and O–H groups in total. The number of ether oxygens (including phenoxy) is 1. The highest BCUT2D eigenvalue weighted by molar-refractivity contribution is 6.09. The fraction of sp³-hybridized carbons (Fsp3) is 0.316. The Morgan fingerprint density at radius 3 is 2.56 bits per heavy atom. The number of aromatic nitrogens is 3. The maximum absolute atomic E-state index is 9.35. The van der Waals surface area contributed by atoms with Gasteiger partial charge in [0.2, 0.25) is 0 Å². The largest absolute Gasteiger partial charge is 0.497 e. The summed E-state index contributed by atoms with van der Waals surface area (Å²) >= 11 is 0. The average Bonchev–Trinajstić information content (AvgIpc) is 2.92. The van der Waals surface area contributed by atoms with E-state index in [0.29, 0.717) is 23.7 Å². The third-order valence-corrected chi connectivity index (χ3v) is 4.34. The fourth-order valence-corrected chi connectivity index (χ4v) is 3.12. The highest BCUT2D eigenvalue weighted by atomic mass is 16.5. The summed E-state index contributed by atoms with van der Waals surface area (Å²) in [5, 5.41) is 13.7. The first kappa shape index (κ1) is 17.0. The van der Waals surface area contributed by atoms with Gasteiger partial charge in [0.1, 0.15) is 28.6 Å². The molecule has 3 aromatic rings. The Morgan fingerprint density at radius 1 is 1.20 bits per heavy atom. The van der Waals surface area contributed by atoms with Crippen LogP contribution in [0.1, 0.15) is 36.0 Å². The van der Waals surface area contributed by atoms with Crippen molar-refractivity contribution in [3.63, 3.8) is 0 Å². The molecule has 0 spiro atoms. The molecule has 0 aliphatic rings. The Morgan fingerprint density at radius 2 is 1.96 bits per heavy atom. The van der Waals surface area contributed by atoms with E-state index in [9.17, 15) is 5.21 Å². The third-order valence-electron chi connectivity index (χ3n) is 4.34. The van der Waals surface area contributed by atoms with E-state index in [2.05, 4.69) is 19.7 Å². The number of hydrogen-bond donors (Lipinski definition) is 1. The summed E-state index contributed by atoms with van der Waals surface area (Å²) in [7, 11) is 1.66. The van der Waals surface area contributed by atoms with Crippen molar-refractivity contribution in [3.8, 4) is 11.4 Å². The van der Waals surface area contributed by atoms with Crippen LogP contribution in [0.4, 0.5) is 0 Å². The molecule has 0 radical (unpaired) electrons. The minimum atomic E-state index is 0.558. The summed E-state index contributed by atoms with van der Waals surface area (Å²) in [5.74, 6) is 1.46. The van der Waals surface area contributed by atoms with Gasteiger partial charge in [0.05, 0.1) is 12.8 Å². The molecule has 0 saturated heterocycles. The second-order valence-corrected chi connectivity index (χ2v) is 6.05. The number of oxime groups is 1. The van der Waals surface area contributed by atoms with Crippen molar-refractivity contribution < 1.29 is 9.94 Å². The van der Waals surface area contributed by atoms with E-state index in [1.165, 1.54) is 0 Å². The van der Waals surface area contributed by atoms with Crippen LogP contribution in [-0.4, -0.2) is 32.6 Å². The van der Waals surface area contributed by atoms with Crippen LogP contribution in [0.15, 0.2) is 29.6 Å². The van der Waals surface area contributed by atoms with Crippen LogP contribution < -0.4 is 4.74 Å². The Kier molecular flexibility index (Phi) is 4.44. The van der Waals surface area contributed by atoms with Crippen molar-refractivity contribution in [3.05, 3.63) is 47.0 Å². The van der Waals surface area contributed by atoms with Crippen molar-refractivity contribution >= 4 is 16.7 Å². The minimum absolute atomic E-state index is 0.558. The molecular formula is C19H22N4O2. The molecule has 0 aliphatic carbocycles. The lowest BCUT2D eigenvalue weighted by Gasteiger charge is -2.11. The number of aryl methyl sites for hydroxylation is 3. The first-order valence-corrected chi connectivity index (χ1v) is 8.22. The summed E-state index contributed by atoms with van der Waals surface area (Å²) in [6, 6.07) is 5.95. The highest BCUT2D eigenvalue weighted by Crippen LogP contribution is 2.29. The van der Waals surface area contributed by atoms with Crippen LogP contribution in [0, 0.1) is 20.8 Å². The summed E-state index contributed by atoms with van der Waals surface area (Å²) < 4.78 is 7.36. The zero-order chi connectivity index (χ0) is 18.1. The van der Waals surface area contributed by atoms with Crippen molar-refractivity contribution in [1.82, 2.24) is 14.5 Å². The lowest BCUT2D eigenvalue weighted by atomic mass is 10.1. The van der Waals surface area contributed by atoms with Crippen molar-refractivity contribution in [2.75, 3.05) is 7.11 Å². The quantitative estimate of drug-likeness (QED) is 0.444. The first-order valence-electron chi connectivity index (χ1n) is 8.22. The molecule has 0 atom stereocenters.